The number of carboxylic acid groups (broad SMARTS) is 1. The lowest BCUT2D eigenvalue weighted by Gasteiger charge is -2.24. The number of rotatable bonds is 5. The van der Waals surface area contributed by atoms with E-state index in [9.17, 15) is 18.0 Å². The van der Waals surface area contributed by atoms with Gasteiger partial charge in [0.15, 0.2) is 9.84 Å². The van der Waals surface area contributed by atoms with E-state index in [0.29, 0.717) is 24.8 Å². The number of hydrogen-bond acceptors (Lipinski definition) is 4. The smallest absolute Gasteiger partial charge is 0.305 e. The van der Waals surface area contributed by atoms with Crippen molar-refractivity contribution in [3.63, 3.8) is 0 Å². The maximum absolute atomic E-state index is 12.3. The first-order chi connectivity index (χ1) is 10.4. The Bertz CT molecular complexity index is 641. The summed E-state index contributed by atoms with van der Waals surface area (Å²) in [6.07, 6.45) is 1.26. The van der Waals surface area contributed by atoms with Gasteiger partial charge in [-0.05, 0) is 18.4 Å². The summed E-state index contributed by atoms with van der Waals surface area (Å²) >= 11 is 0. The number of sulfone groups is 1. The average molecular weight is 325 g/mol. The van der Waals surface area contributed by atoms with Crippen molar-refractivity contribution in [1.82, 2.24) is 5.32 Å². The topological polar surface area (TPSA) is 101 Å². The summed E-state index contributed by atoms with van der Waals surface area (Å²) in [6.45, 7) is 0. The Balaban J connectivity index is 2.16. The SMILES string of the molecule is O=C(O)CC(NC(=O)C1CCCCS1(=O)=O)c1ccccc1. The largest absolute Gasteiger partial charge is 0.481 e. The minimum atomic E-state index is -3.44. The summed E-state index contributed by atoms with van der Waals surface area (Å²) in [7, 11) is -3.44. The summed E-state index contributed by atoms with van der Waals surface area (Å²) < 4.78 is 24.0. The molecule has 1 fully saturated rings. The number of carboxylic acids is 1. The Labute approximate surface area is 129 Å². The van der Waals surface area contributed by atoms with Crippen molar-refractivity contribution >= 4 is 21.7 Å². The van der Waals surface area contributed by atoms with Crippen LogP contribution < -0.4 is 5.32 Å². The van der Waals surface area contributed by atoms with Crippen LogP contribution in [0.4, 0.5) is 0 Å². The number of carbonyl (C=O) groups excluding carboxylic acids is 1. The van der Waals surface area contributed by atoms with Crippen LogP contribution in [-0.4, -0.2) is 36.4 Å². The Morgan fingerprint density at radius 2 is 1.91 bits per heavy atom. The molecule has 1 saturated heterocycles. The fourth-order valence-electron chi connectivity index (χ4n) is 2.63. The molecule has 1 heterocycles. The number of hydrogen-bond donors (Lipinski definition) is 2. The van der Waals surface area contributed by atoms with E-state index in [4.69, 9.17) is 5.11 Å². The molecule has 2 rings (SSSR count). The number of benzene rings is 1. The third kappa shape index (κ3) is 4.07. The van der Waals surface area contributed by atoms with Crippen LogP contribution >= 0.6 is 0 Å². The predicted molar refractivity (Wildman–Crippen MR) is 81.0 cm³/mol. The second kappa shape index (κ2) is 6.91. The molecular formula is C15H19NO5S. The molecule has 0 bridgehead atoms. The van der Waals surface area contributed by atoms with Crippen LogP contribution in [0.3, 0.4) is 0 Å². The zero-order valence-corrected chi connectivity index (χ0v) is 12.9. The maximum atomic E-state index is 12.3. The van der Waals surface area contributed by atoms with E-state index < -0.39 is 33.0 Å². The van der Waals surface area contributed by atoms with E-state index in [-0.39, 0.29) is 12.2 Å². The maximum Gasteiger partial charge on any atom is 0.305 e. The molecule has 0 aromatic heterocycles. The molecule has 0 spiro atoms. The van der Waals surface area contributed by atoms with E-state index in [0.717, 1.165) is 0 Å². The minimum absolute atomic E-state index is 0.0139. The second-order valence-electron chi connectivity index (χ2n) is 5.42. The van der Waals surface area contributed by atoms with Crippen LogP contribution in [0.25, 0.3) is 0 Å². The fraction of sp³-hybridized carbons (Fsp3) is 0.467. The molecule has 0 aliphatic carbocycles. The molecule has 2 N–H and O–H groups in total. The molecule has 2 atom stereocenters. The van der Waals surface area contributed by atoms with Crippen LogP contribution in [0, 0.1) is 0 Å². The summed E-state index contributed by atoms with van der Waals surface area (Å²) in [4.78, 5) is 23.3. The zero-order chi connectivity index (χ0) is 16.2. The third-order valence-electron chi connectivity index (χ3n) is 3.77. The molecule has 1 aromatic carbocycles. The lowest BCUT2D eigenvalue weighted by molar-refractivity contribution is -0.137. The summed E-state index contributed by atoms with van der Waals surface area (Å²) in [5.41, 5.74) is 0.645. The number of nitrogens with one attached hydrogen (secondary N) is 1. The third-order valence-corrected chi connectivity index (χ3v) is 5.94. The van der Waals surface area contributed by atoms with Crippen molar-refractivity contribution in [3.8, 4) is 0 Å². The highest BCUT2D eigenvalue weighted by Crippen LogP contribution is 2.22. The normalized spacial score (nSPS) is 21.7. The summed E-state index contributed by atoms with van der Waals surface area (Å²) in [5, 5.41) is 10.5. The van der Waals surface area contributed by atoms with Crippen LogP contribution in [0.1, 0.15) is 37.3 Å². The van der Waals surface area contributed by atoms with Gasteiger partial charge in [-0.2, -0.15) is 0 Å². The van der Waals surface area contributed by atoms with Crippen LogP contribution in [-0.2, 0) is 19.4 Å². The van der Waals surface area contributed by atoms with Gasteiger partial charge in [0.25, 0.3) is 0 Å². The predicted octanol–water partition coefficient (Wildman–Crippen LogP) is 1.29. The van der Waals surface area contributed by atoms with Crippen molar-refractivity contribution in [2.75, 3.05) is 5.75 Å². The average Bonchev–Trinajstić information content (AvgIpc) is 2.46. The van der Waals surface area contributed by atoms with Gasteiger partial charge in [-0.15, -0.1) is 0 Å². The lowest BCUT2D eigenvalue weighted by atomic mass is 10.0. The first-order valence-corrected chi connectivity index (χ1v) is 8.90. The molecule has 0 saturated carbocycles. The number of amides is 1. The molecule has 22 heavy (non-hydrogen) atoms. The lowest BCUT2D eigenvalue weighted by Crippen LogP contribution is -2.44. The highest BCUT2D eigenvalue weighted by atomic mass is 32.2. The van der Waals surface area contributed by atoms with Crippen molar-refractivity contribution in [1.29, 1.82) is 0 Å². The monoisotopic (exact) mass is 325 g/mol. The molecule has 1 aliphatic rings. The van der Waals surface area contributed by atoms with Crippen molar-refractivity contribution in [3.05, 3.63) is 35.9 Å². The van der Waals surface area contributed by atoms with Crippen LogP contribution in [0.5, 0.6) is 0 Å². The van der Waals surface area contributed by atoms with Gasteiger partial charge in [-0.3, -0.25) is 9.59 Å². The summed E-state index contributed by atoms with van der Waals surface area (Å²) in [6, 6.07) is 7.96. The van der Waals surface area contributed by atoms with Crippen LogP contribution in [0.2, 0.25) is 0 Å². The van der Waals surface area contributed by atoms with Crippen molar-refractivity contribution < 1.29 is 23.1 Å². The molecule has 0 radical (unpaired) electrons. The van der Waals surface area contributed by atoms with Gasteiger partial charge >= 0.3 is 5.97 Å². The molecular weight excluding hydrogens is 306 g/mol. The molecule has 1 amide bonds. The highest BCUT2D eigenvalue weighted by Gasteiger charge is 2.36. The van der Waals surface area contributed by atoms with Gasteiger partial charge in [-0.1, -0.05) is 36.8 Å². The van der Waals surface area contributed by atoms with Gasteiger partial charge < -0.3 is 10.4 Å². The molecule has 7 heteroatoms. The van der Waals surface area contributed by atoms with E-state index in [1.807, 2.05) is 0 Å². The fourth-order valence-corrected chi connectivity index (χ4v) is 4.44. The van der Waals surface area contributed by atoms with Gasteiger partial charge in [0.2, 0.25) is 5.91 Å². The van der Waals surface area contributed by atoms with E-state index in [2.05, 4.69) is 5.32 Å². The number of carbonyl (C=O) groups is 2. The second-order valence-corrected chi connectivity index (χ2v) is 7.72. The highest BCUT2D eigenvalue weighted by molar-refractivity contribution is 7.92. The Kier molecular flexibility index (Phi) is 5.18. The molecule has 1 aliphatic heterocycles. The zero-order valence-electron chi connectivity index (χ0n) is 12.1. The number of aliphatic carboxylic acids is 1. The van der Waals surface area contributed by atoms with E-state index >= 15 is 0 Å². The van der Waals surface area contributed by atoms with Crippen molar-refractivity contribution in [2.45, 2.75) is 37.0 Å². The molecule has 2 unspecified atom stereocenters. The van der Waals surface area contributed by atoms with E-state index in [1.165, 1.54) is 0 Å². The molecule has 120 valence electrons. The first kappa shape index (κ1) is 16.5. The quantitative estimate of drug-likeness (QED) is 0.849. The molecule has 1 aromatic rings. The van der Waals surface area contributed by atoms with Gasteiger partial charge in [0.05, 0.1) is 18.2 Å². The first-order valence-electron chi connectivity index (χ1n) is 7.19. The van der Waals surface area contributed by atoms with Gasteiger partial charge in [0.1, 0.15) is 5.25 Å². The Morgan fingerprint density at radius 3 is 2.50 bits per heavy atom. The molecule has 6 nitrogen and oxygen atoms in total. The summed E-state index contributed by atoms with van der Waals surface area (Å²) in [5.74, 6) is -1.64. The van der Waals surface area contributed by atoms with Crippen LogP contribution in [0.15, 0.2) is 30.3 Å². The Morgan fingerprint density at radius 1 is 1.23 bits per heavy atom. The van der Waals surface area contributed by atoms with Gasteiger partial charge in [0, 0.05) is 0 Å². The van der Waals surface area contributed by atoms with E-state index in [1.54, 1.807) is 30.3 Å². The standard InChI is InChI=1S/C15H19NO5S/c17-14(18)10-12(11-6-2-1-3-7-11)16-15(19)13-8-4-5-9-22(13,20)21/h1-3,6-7,12-13H,4-5,8-10H2,(H,16,19)(H,17,18). The minimum Gasteiger partial charge on any atom is -0.481 e. The van der Waals surface area contributed by atoms with Gasteiger partial charge in [-0.25, -0.2) is 8.42 Å². The Hall–Kier alpha value is -1.89. The van der Waals surface area contributed by atoms with Crippen molar-refractivity contribution in [2.24, 2.45) is 0 Å².